The van der Waals surface area contributed by atoms with Gasteiger partial charge in [-0.25, -0.2) is 0 Å². The van der Waals surface area contributed by atoms with Crippen LogP contribution in [0.25, 0.3) is 22.6 Å². The number of nitriles is 1. The normalized spacial score (nSPS) is 10.2. The summed E-state index contributed by atoms with van der Waals surface area (Å²) in [6.45, 7) is 0. The fourth-order valence-corrected chi connectivity index (χ4v) is 1.99. The number of aromatic nitrogens is 2. The van der Waals surface area contributed by atoms with Crippen LogP contribution in [0.4, 0.5) is 0 Å². The summed E-state index contributed by atoms with van der Waals surface area (Å²) < 4.78 is 5.34. The zero-order chi connectivity index (χ0) is 13.9. The molecule has 5 nitrogen and oxygen atoms in total. The van der Waals surface area contributed by atoms with Gasteiger partial charge in [0, 0.05) is 18.0 Å². The third-order valence-corrected chi connectivity index (χ3v) is 2.92. The van der Waals surface area contributed by atoms with Gasteiger partial charge in [0.25, 0.3) is 5.56 Å². The minimum Gasteiger partial charge on any atom is -0.463 e. The van der Waals surface area contributed by atoms with E-state index in [-0.39, 0.29) is 5.56 Å². The van der Waals surface area contributed by atoms with Crippen molar-refractivity contribution in [2.75, 3.05) is 0 Å². The standard InChI is InChI=1S/C15H9N3O2/c16-9-11-8-12(10-3-5-17-6-4-10)14(18-15(11)19)13-2-1-7-20-13/h1-8H,(H,18,19). The lowest BCUT2D eigenvalue weighted by atomic mass is 10.0. The Morgan fingerprint density at radius 3 is 2.70 bits per heavy atom. The lowest BCUT2D eigenvalue weighted by Gasteiger charge is -2.07. The average molecular weight is 263 g/mol. The van der Waals surface area contributed by atoms with Gasteiger partial charge < -0.3 is 9.40 Å². The molecule has 0 bridgehead atoms. The highest BCUT2D eigenvalue weighted by atomic mass is 16.3. The van der Waals surface area contributed by atoms with E-state index in [0.29, 0.717) is 11.5 Å². The van der Waals surface area contributed by atoms with Gasteiger partial charge in [-0.2, -0.15) is 5.26 Å². The summed E-state index contributed by atoms with van der Waals surface area (Å²) >= 11 is 0. The molecule has 0 radical (unpaired) electrons. The quantitative estimate of drug-likeness (QED) is 0.770. The number of pyridine rings is 2. The van der Waals surface area contributed by atoms with Crippen LogP contribution < -0.4 is 5.56 Å². The van der Waals surface area contributed by atoms with Crippen LogP contribution in [-0.4, -0.2) is 9.97 Å². The lowest BCUT2D eigenvalue weighted by molar-refractivity contribution is 0.580. The Hall–Kier alpha value is -3.13. The number of hydrogen-bond acceptors (Lipinski definition) is 4. The molecule has 3 aromatic rings. The first kappa shape index (κ1) is 11.9. The number of furan rings is 1. The molecule has 3 aromatic heterocycles. The van der Waals surface area contributed by atoms with Gasteiger partial charge in [-0.1, -0.05) is 0 Å². The van der Waals surface area contributed by atoms with Crippen LogP contribution >= 0.6 is 0 Å². The Balaban J connectivity index is 2.32. The first-order chi connectivity index (χ1) is 9.79. The van der Waals surface area contributed by atoms with E-state index < -0.39 is 5.56 Å². The van der Waals surface area contributed by atoms with Crippen LogP contribution in [0.1, 0.15) is 5.56 Å². The first-order valence-electron chi connectivity index (χ1n) is 5.91. The maximum absolute atomic E-state index is 11.8. The molecule has 0 atom stereocenters. The Bertz CT molecular complexity index is 828. The summed E-state index contributed by atoms with van der Waals surface area (Å²) in [6.07, 6.45) is 4.83. The molecule has 0 saturated carbocycles. The van der Waals surface area contributed by atoms with Crippen molar-refractivity contribution in [3.8, 4) is 28.7 Å². The van der Waals surface area contributed by atoms with Crippen molar-refractivity contribution in [2.45, 2.75) is 0 Å². The molecule has 0 aliphatic carbocycles. The van der Waals surface area contributed by atoms with Crippen molar-refractivity contribution in [1.82, 2.24) is 9.97 Å². The van der Waals surface area contributed by atoms with Crippen LogP contribution in [0.5, 0.6) is 0 Å². The smallest absolute Gasteiger partial charge is 0.266 e. The molecule has 0 saturated heterocycles. The van der Waals surface area contributed by atoms with Crippen molar-refractivity contribution in [2.24, 2.45) is 0 Å². The van der Waals surface area contributed by atoms with Gasteiger partial charge >= 0.3 is 0 Å². The number of aromatic amines is 1. The lowest BCUT2D eigenvalue weighted by Crippen LogP contribution is -2.11. The van der Waals surface area contributed by atoms with E-state index in [4.69, 9.17) is 9.68 Å². The second-order valence-corrected chi connectivity index (χ2v) is 4.13. The number of nitrogens with zero attached hydrogens (tertiary/aromatic N) is 2. The fourth-order valence-electron chi connectivity index (χ4n) is 1.99. The Morgan fingerprint density at radius 1 is 1.25 bits per heavy atom. The molecule has 5 heteroatoms. The molecule has 0 fully saturated rings. The first-order valence-corrected chi connectivity index (χ1v) is 5.91. The van der Waals surface area contributed by atoms with Crippen LogP contribution in [0.3, 0.4) is 0 Å². The number of rotatable bonds is 2. The van der Waals surface area contributed by atoms with Crippen molar-refractivity contribution >= 4 is 0 Å². The third-order valence-electron chi connectivity index (χ3n) is 2.92. The van der Waals surface area contributed by atoms with E-state index in [1.807, 2.05) is 6.07 Å². The number of H-pyrrole nitrogens is 1. The van der Waals surface area contributed by atoms with E-state index in [2.05, 4.69) is 9.97 Å². The second-order valence-electron chi connectivity index (χ2n) is 4.13. The van der Waals surface area contributed by atoms with Gasteiger partial charge in [0.15, 0.2) is 5.76 Å². The highest BCUT2D eigenvalue weighted by Gasteiger charge is 2.13. The molecule has 0 amide bonds. The summed E-state index contributed by atoms with van der Waals surface area (Å²) in [4.78, 5) is 18.5. The van der Waals surface area contributed by atoms with Crippen LogP contribution in [0.15, 0.2) is 58.2 Å². The Kier molecular flexibility index (Phi) is 2.90. The molecule has 0 unspecified atom stereocenters. The van der Waals surface area contributed by atoms with Crippen molar-refractivity contribution in [3.05, 3.63) is 64.9 Å². The van der Waals surface area contributed by atoms with Crippen LogP contribution in [-0.2, 0) is 0 Å². The third kappa shape index (κ3) is 1.99. The summed E-state index contributed by atoms with van der Waals surface area (Å²) in [5.41, 5.74) is 1.74. The van der Waals surface area contributed by atoms with E-state index in [1.54, 1.807) is 42.7 Å². The molecule has 96 valence electrons. The van der Waals surface area contributed by atoms with Crippen LogP contribution in [0.2, 0.25) is 0 Å². The molecule has 0 aromatic carbocycles. The van der Waals surface area contributed by atoms with Gasteiger partial charge in [-0.3, -0.25) is 9.78 Å². The van der Waals surface area contributed by atoms with E-state index in [0.717, 1.165) is 11.1 Å². The largest absolute Gasteiger partial charge is 0.463 e. The minimum absolute atomic E-state index is 0.0621. The predicted octanol–water partition coefficient (Wildman–Crippen LogP) is 2.57. The minimum atomic E-state index is -0.434. The van der Waals surface area contributed by atoms with E-state index >= 15 is 0 Å². The molecule has 20 heavy (non-hydrogen) atoms. The van der Waals surface area contributed by atoms with Gasteiger partial charge in [0.1, 0.15) is 11.6 Å². The average Bonchev–Trinajstić information content (AvgIpc) is 3.02. The van der Waals surface area contributed by atoms with Gasteiger partial charge in [0.05, 0.1) is 12.0 Å². The van der Waals surface area contributed by atoms with Crippen molar-refractivity contribution < 1.29 is 4.42 Å². The maximum atomic E-state index is 11.8. The predicted molar refractivity (Wildman–Crippen MR) is 72.7 cm³/mol. The summed E-state index contributed by atoms with van der Waals surface area (Å²) in [5.74, 6) is 0.540. The second kappa shape index (κ2) is 4.86. The molecule has 0 aliphatic heterocycles. The van der Waals surface area contributed by atoms with Crippen molar-refractivity contribution in [1.29, 1.82) is 5.26 Å². The van der Waals surface area contributed by atoms with Gasteiger partial charge in [-0.15, -0.1) is 0 Å². The molecule has 3 rings (SSSR count). The monoisotopic (exact) mass is 263 g/mol. The SMILES string of the molecule is N#Cc1cc(-c2ccncc2)c(-c2ccco2)[nH]c1=O. The Labute approximate surface area is 114 Å². The molecule has 0 spiro atoms. The van der Waals surface area contributed by atoms with Crippen LogP contribution in [0, 0.1) is 11.3 Å². The van der Waals surface area contributed by atoms with Gasteiger partial charge in [0.2, 0.25) is 0 Å². The Morgan fingerprint density at radius 2 is 2.05 bits per heavy atom. The zero-order valence-electron chi connectivity index (χ0n) is 10.3. The molecule has 1 N–H and O–H groups in total. The summed E-state index contributed by atoms with van der Waals surface area (Å²) in [6, 6.07) is 10.6. The molecular weight excluding hydrogens is 254 g/mol. The van der Waals surface area contributed by atoms with E-state index in [9.17, 15) is 4.79 Å². The van der Waals surface area contributed by atoms with Gasteiger partial charge in [-0.05, 0) is 35.9 Å². The number of nitrogens with one attached hydrogen (secondary N) is 1. The summed E-state index contributed by atoms with van der Waals surface area (Å²) in [5, 5.41) is 9.01. The van der Waals surface area contributed by atoms with E-state index in [1.165, 1.54) is 6.26 Å². The highest BCUT2D eigenvalue weighted by Crippen LogP contribution is 2.29. The fraction of sp³-hybridized carbons (Fsp3) is 0. The molecule has 0 aliphatic rings. The topological polar surface area (TPSA) is 82.7 Å². The maximum Gasteiger partial charge on any atom is 0.266 e. The highest BCUT2D eigenvalue weighted by molar-refractivity contribution is 5.79. The molecular formula is C15H9N3O2. The summed E-state index contributed by atoms with van der Waals surface area (Å²) in [7, 11) is 0. The van der Waals surface area contributed by atoms with Crippen molar-refractivity contribution in [3.63, 3.8) is 0 Å². The number of hydrogen-bond donors (Lipinski definition) is 1. The zero-order valence-corrected chi connectivity index (χ0v) is 10.3. The molecule has 3 heterocycles.